The Morgan fingerprint density at radius 1 is 1.05 bits per heavy atom. The second kappa shape index (κ2) is 14.1. The van der Waals surface area contributed by atoms with E-state index in [0.717, 1.165) is 28.8 Å². The highest BCUT2D eigenvalue weighted by atomic mass is 32.2. The van der Waals surface area contributed by atoms with Crippen LogP contribution in [0.3, 0.4) is 0 Å². The SMILES string of the molecule is CC(C)c1nc(N(C)S(C)(=O)=O)nc(-c2ccc(F)cc2)c1/C=C/[C@@H](C[C@H](CC(=O)O[N+](=O)[O-])O[N+](=O)[O-])O[N+](=O)[O-]. The van der Waals surface area contributed by atoms with Crippen LogP contribution in [0, 0.1) is 36.2 Å². The van der Waals surface area contributed by atoms with Gasteiger partial charge in [0.25, 0.3) is 10.2 Å². The molecule has 0 saturated carbocycles. The topological polar surface area (TPSA) is 237 Å². The van der Waals surface area contributed by atoms with Crippen molar-refractivity contribution in [2.24, 2.45) is 0 Å². The number of aromatic nitrogens is 2. The minimum atomic E-state index is -3.81. The van der Waals surface area contributed by atoms with Crippen molar-refractivity contribution < 1.29 is 47.4 Å². The van der Waals surface area contributed by atoms with Crippen molar-refractivity contribution in [3.63, 3.8) is 0 Å². The fraction of sp³-hybridized carbons (Fsp3) is 0.409. The van der Waals surface area contributed by atoms with Crippen LogP contribution in [-0.4, -0.2) is 65.1 Å². The van der Waals surface area contributed by atoms with Crippen LogP contribution < -0.4 is 4.31 Å². The first-order valence-electron chi connectivity index (χ1n) is 11.7. The molecule has 0 aliphatic rings. The van der Waals surface area contributed by atoms with Crippen LogP contribution in [0.25, 0.3) is 17.3 Å². The fourth-order valence-electron chi connectivity index (χ4n) is 3.52. The largest absolute Gasteiger partial charge is 0.310 e. The number of carbonyl (C=O) groups is 1. The molecule has 1 heterocycles. The maximum absolute atomic E-state index is 13.7. The molecule has 0 aliphatic heterocycles. The molecule has 0 spiro atoms. The summed E-state index contributed by atoms with van der Waals surface area (Å²) in [5.41, 5.74) is 0.882. The number of hydrogen-bond donors (Lipinski definition) is 0. The lowest BCUT2D eigenvalue weighted by molar-refractivity contribution is -0.777. The Morgan fingerprint density at radius 3 is 2.14 bits per heavy atom. The van der Waals surface area contributed by atoms with Gasteiger partial charge < -0.3 is 9.68 Å². The van der Waals surface area contributed by atoms with Crippen LogP contribution in [-0.2, 0) is 29.3 Å². The van der Waals surface area contributed by atoms with E-state index < -0.39 is 68.0 Å². The van der Waals surface area contributed by atoms with E-state index >= 15 is 0 Å². The van der Waals surface area contributed by atoms with Gasteiger partial charge in [0.2, 0.25) is 16.0 Å². The summed E-state index contributed by atoms with van der Waals surface area (Å²) in [4.78, 5) is 65.5. The third kappa shape index (κ3) is 9.87. The van der Waals surface area contributed by atoms with Crippen LogP contribution >= 0.6 is 0 Å². The molecule has 1 aromatic carbocycles. The molecule has 2 rings (SSSR count). The van der Waals surface area contributed by atoms with Crippen molar-refractivity contribution in [1.29, 1.82) is 0 Å². The predicted octanol–water partition coefficient (Wildman–Crippen LogP) is 2.48. The maximum atomic E-state index is 13.7. The number of nitrogens with zero attached hydrogens (tertiary/aromatic N) is 6. The van der Waals surface area contributed by atoms with Crippen molar-refractivity contribution in [2.75, 3.05) is 17.6 Å². The first kappa shape index (κ1) is 33.2. The number of benzene rings is 1. The van der Waals surface area contributed by atoms with Crippen molar-refractivity contribution in [3.8, 4) is 11.3 Å². The summed E-state index contributed by atoms with van der Waals surface area (Å²) in [6, 6.07) is 4.97. The Balaban J connectivity index is 2.66. The number of carbonyl (C=O) groups excluding carboxylic acids is 1. The highest BCUT2D eigenvalue weighted by molar-refractivity contribution is 7.92. The number of sulfonamides is 1. The first-order valence-corrected chi connectivity index (χ1v) is 13.6. The highest BCUT2D eigenvalue weighted by Gasteiger charge is 2.26. The molecular weight excluding hydrogens is 591 g/mol. The summed E-state index contributed by atoms with van der Waals surface area (Å²) in [5.74, 6) is -2.71. The van der Waals surface area contributed by atoms with Crippen LogP contribution in [0.1, 0.15) is 43.9 Å². The third-order valence-corrected chi connectivity index (χ3v) is 6.57. The lowest BCUT2D eigenvalue weighted by atomic mass is 9.97. The summed E-state index contributed by atoms with van der Waals surface area (Å²) in [7, 11) is -2.59. The number of halogens is 1. The second-order valence-electron chi connectivity index (χ2n) is 8.87. The van der Waals surface area contributed by atoms with E-state index in [1.807, 2.05) is 0 Å². The molecule has 2 aromatic rings. The molecule has 0 amide bonds. The van der Waals surface area contributed by atoms with Gasteiger partial charge in [-0.1, -0.05) is 26.0 Å². The smallest absolute Gasteiger partial charge is 0.306 e. The molecule has 1 aromatic heterocycles. The van der Waals surface area contributed by atoms with Crippen LogP contribution in [0.2, 0.25) is 0 Å². The Kier molecular flexibility index (Phi) is 11.1. The second-order valence-corrected chi connectivity index (χ2v) is 10.9. The number of anilines is 1. The Bertz CT molecular complexity index is 1470. The molecule has 0 bridgehead atoms. The van der Waals surface area contributed by atoms with E-state index in [1.54, 1.807) is 13.8 Å². The van der Waals surface area contributed by atoms with E-state index in [9.17, 15) is 47.9 Å². The molecule has 18 nitrogen and oxygen atoms in total. The van der Waals surface area contributed by atoms with Gasteiger partial charge >= 0.3 is 11.1 Å². The average Bonchev–Trinajstić information content (AvgIpc) is 2.85. The fourth-order valence-corrected chi connectivity index (χ4v) is 3.90. The monoisotopic (exact) mass is 616 g/mol. The van der Waals surface area contributed by atoms with E-state index in [2.05, 4.69) is 24.5 Å². The minimum Gasteiger partial charge on any atom is -0.310 e. The lowest BCUT2D eigenvalue weighted by Crippen LogP contribution is -2.29. The molecule has 2 atom stereocenters. The lowest BCUT2D eigenvalue weighted by Gasteiger charge is -2.21. The van der Waals surface area contributed by atoms with E-state index in [1.165, 1.54) is 25.3 Å². The molecule has 228 valence electrons. The number of hydrogen-bond acceptors (Lipinski definition) is 14. The summed E-state index contributed by atoms with van der Waals surface area (Å²) in [5, 5.41) is 28.5. The predicted molar refractivity (Wildman–Crippen MR) is 140 cm³/mol. The molecule has 0 saturated heterocycles. The zero-order valence-corrected chi connectivity index (χ0v) is 23.3. The normalized spacial score (nSPS) is 12.9. The van der Waals surface area contributed by atoms with Crippen LogP contribution in [0.4, 0.5) is 10.3 Å². The minimum absolute atomic E-state index is 0.1000. The zero-order valence-electron chi connectivity index (χ0n) is 22.5. The van der Waals surface area contributed by atoms with Gasteiger partial charge in [0.15, 0.2) is 0 Å². The van der Waals surface area contributed by atoms with E-state index in [0.29, 0.717) is 5.56 Å². The molecule has 0 unspecified atom stereocenters. The van der Waals surface area contributed by atoms with Crippen molar-refractivity contribution in [3.05, 3.63) is 77.8 Å². The van der Waals surface area contributed by atoms with Gasteiger partial charge in [0, 0.05) is 24.6 Å². The maximum Gasteiger partial charge on any atom is 0.306 e. The van der Waals surface area contributed by atoms with Gasteiger partial charge in [-0.3, -0.25) is 4.79 Å². The Hall–Kier alpha value is -5.01. The van der Waals surface area contributed by atoms with E-state index in [-0.39, 0.29) is 22.9 Å². The van der Waals surface area contributed by atoms with Gasteiger partial charge in [-0.2, -0.15) is 0 Å². The van der Waals surface area contributed by atoms with Crippen LogP contribution in [0.5, 0.6) is 0 Å². The Morgan fingerprint density at radius 2 is 1.64 bits per heavy atom. The summed E-state index contributed by atoms with van der Waals surface area (Å²) >= 11 is 0. The highest BCUT2D eigenvalue weighted by Crippen LogP contribution is 2.32. The first-order chi connectivity index (χ1) is 19.5. The summed E-state index contributed by atoms with van der Waals surface area (Å²) < 4.78 is 38.9. The zero-order chi connectivity index (χ0) is 31.8. The van der Waals surface area contributed by atoms with Crippen molar-refractivity contribution >= 4 is 28.0 Å². The summed E-state index contributed by atoms with van der Waals surface area (Å²) in [6.07, 6.45) is -1.84. The van der Waals surface area contributed by atoms with Gasteiger partial charge in [-0.25, -0.2) is 31.9 Å². The standard InChI is InChI=1S/C22H25FN6O12S/c1-13(2)20-18(21(14-5-7-15(23)8-6-14)25-22(24-20)26(3)42(4,37)38)10-9-16(39-27(31)32)11-17(40-28(33)34)12-19(30)41-29(35)36/h5-10,13,16-17H,11-12H2,1-4H3/b10-9+/t16-,17+/m0/s1. The van der Waals surface area contributed by atoms with Gasteiger partial charge in [-0.15, -0.1) is 30.3 Å². The molecule has 20 heteroatoms. The molecule has 42 heavy (non-hydrogen) atoms. The number of rotatable bonds is 15. The quantitative estimate of drug-likeness (QED) is 0.206. The third-order valence-electron chi connectivity index (χ3n) is 5.41. The molecule has 0 N–H and O–H groups in total. The molecular formula is C22H25FN6O12S. The van der Waals surface area contributed by atoms with Gasteiger partial charge in [-0.05, 0) is 30.2 Å². The Labute approximate surface area is 237 Å². The molecule has 0 radical (unpaired) electrons. The van der Waals surface area contributed by atoms with Crippen LogP contribution in [0.15, 0.2) is 30.3 Å². The van der Waals surface area contributed by atoms with Gasteiger partial charge in [0.05, 0.1) is 24.1 Å². The van der Waals surface area contributed by atoms with Gasteiger partial charge in [0.1, 0.15) is 18.0 Å². The molecule has 0 fully saturated rings. The average molecular weight is 617 g/mol. The summed E-state index contributed by atoms with van der Waals surface area (Å²) in [6.45, 7) is 3.43. The van der Waals surface area contributed by atoms with Crippen molar-refractivity contribution in [1.82, 2.24) is 9.97 Å². The van der Waals surface area contributed by atoms with Crippen molar-refractivity contribution in [2.45, 2.75) is 44.8 Å². The molecule has 0 aliphatic carbocycles. The van der Waals surface area contributed by atoms with E-state index in [4.69, 9.17) is 0 Å².